The molecule has 0 spiro atoms. The largest absolute Gasteiger partial charge is 0.478 e. The number of carboxylic acids is 1. The van der Waals surface area contributed by atoms with Crippen molar-refractivity contribution in [1.82, 2.24) is 10.6 Å². The first kappa shape index (κ1) is 15.3. The van der Waals surface area contributed by atoms with Gasteiger partial charge in [-0.2, -0.15) is 0 Å². The maximum Gasteiger partial charge on any atom is 0.335 e. The Morgan fingerprint density at radius 1 is 1.26 bits per heavy atom. The molecule has 2 heterocycles. The molecule has 0 unspecified atom stereocenters. The second kappa shape index (κ2) is 5.86. The van der Waals surface area contributed by atoms with Crippen LogP contribution in [0.1, 0.15) is 16.1 Å². The summed E-state index contributed by atoms with van der Waals surface area (Å²) < 4.78 is 5.61. The van der Waals surface area contributed by atoms with Crippen LogP contribution in [0.25, 0.3) is 17.4 Å². The van der Waals surface area contributed by atoms with Crippen LogP contribution >= 0.6 is 23.8 Å². The van der Waals surface area contributed by atoms with Crippen LogP contribution in [-0.4, -0.2) is 22.1 Å². The molecule has 1 aromatic heterocycles. The topological polar surface area (TPSA) is 91.6 Å². The highest BCUT2D eigenvalue weighted by atomic mass is 35.5. The molecule has 0 aliphatic carbocycles. The summed E-state index contributed by atoms with van der Waals surface area (Å²) in [4.78, 5) is 22.6. The van der Waals surface area contributed by atoms with Crippen LogP contribution in [0, 0.1) is 0 Å². The normalized spacial score (nSPS) is 15.6. The van der Waals surface area contributed by atoms with Gasteiger partial charge >= 0.3 is 5.97 Å². The van der Waals surface area contributed by atoms with E-state index in [1.54, 1.807) is 12.1 Å². The number of aromatic carboxylic acids is 1. The molecule has 1 amide bonds. The van der Waals surface area contributed by atoms with Crippen LogP contribution < -0.4 is 10.6 Å². The summed E-state index contributed by atoms with van der Waals surface area (Å²) >= 11 is 10.9. The fourth-order valence-corrected chi connectivity index (χ4v) is 2.46. The number of carboxylic acid groups (broad SMARTS) is 1. The van der Waals surface area contributed by atoms with Gasteiger partial charge in [0, 0.05) is 11.6 Å². The number of thiocarbonyl (C=S) groups is 1. The van der Waals surface area contributed by atoms with Crippen LogP contribution in [-0.2, 0) is 4.79 Å². The zero-order valence-electron chi connectivity index (χ0n) is 11.4. The van der Waals surface area contributed by atoms with Gasteiger partial charge in [0.25, 0.3) is 5.91 Å². The number of benzene rings is 1. The molecule has 1 saturated heterocycles. The minimum Gasteiger partial charge on any atom is -0.478 e. The van der Waals surface area contributed by atoms with Crippen molar-refractivity contribution in [3.05, 3.63) is 52.4 Å². The Morgan fingerprint density at radius 2 is 2.04 bits per heavy atom. The van der Waals surface area contributed by atoms with E-state index < -0.39 is 5.97 Å². The lowest BCUT2D eigenvalue weighted by Crippen LogP contribution is -2.21. The van der Waals surface area contributed by atoms with Crippen LogP contribution in [0.2, 0.25) is 5.02 Å². The molecule has 0 saturated carbocycles. The highest BCUT2D eigenvalue weighted by Crippen LogP contribution is 2.31. The maximum atomic E-state index is 11.6. The predicted molar refractivity (Wildman–Crippen MR) is 88.0 cm³/mol. The maximum absolute atomic E-state index is 11.6. The van der Waals surface area contributed by atoms with Crippen LogP contribution in [0.15, 0.2) is 40.4 Å². The van der Waals surface area contributed by atoms with E-state index in [-0.39, 0.29) is 22.3 Å². The molecule has 1 aromatic carbocycles. The van der Waals surface area contributed by atoms with E-state index >= 15 is 0 Å². The van der Waals surface area contributed by atoms with Crippen molar-refractivity contribution in [2.75, 3.05) is 0 Å². The molecule has 3 rings (SSSR count). The first-order valence-electron chi connectivity index (χ1n) is 6.41. The van der Waals surface area contributed by atoms with Gasteiger partial charge in [0.1, 0.15) is 17.2 Å². The van der Waals surface area contributed by atoms with Crippen molar-refractivity contribution in [1.29, 1.82) is 0 Å². The zero-order chi connectivity index (χ0) is 16.6. The van der Waals surface area contributed by atoms with Crippen molar-refractivity contribution in [3.63, 3.8) is 0 Å². The van der Waals surface area contributed by atoms with Crippen molar-refractivity contribution in [3.8, 4) is 11.3 Å². The monoisotopic (exact) mass is 348 g/mol. The van der Waals surface area contributed by atoms with E-state index in [1.165, 1.54) is 24.3 Å². The van der Waals surface area contributed by atoms with Gasteiger partial charge in [-0.05, 0) is 42.5 Å². The summed E-state index contributed by atoms with van der Waals surface area (Å²) in [5.41, 5.74) is 0.819. The first-order chi connectivity index (χ1) is 10.9. The summed E-state index contributed by atoms with van der Waals surface area (Å²) in [5.74, 6) is -0.610. The molecule has 116 valence electrons. The number of nitrogens with one attached hydrogen (secondary N) is 2. The van der Waals surface area contributed by atoms with Gasteiger partial charge in [-0.1, -0.05) is 11.6 Å². The molecule has 8 heteroatoms. The molecule has 0 bridgehead atoms. The predicted octanol–water partition coefficient (Wildman–Crippen LogP) is 2.64. The lowest BCUT2D eigenvalue weighted by molar-refractivity contribution is -0.115. The zero-order valence-corrected chi connectivity index (χ0v) is 13.0. The van der Waals surface area contributed by atoms with E-state index in [4.69, 9.17) is 33.3 Å². The third kappa shape index (κ3) is 3.10. The fraction of sp³-hybridized carbons (Fsp3) is 0. The molecular weight excluding hydrogens is 340 g/mol. The molecule has 1 fully saturated rings. The lowest BCUT2D eigenvalue weighted by atomic mass is 10.1. The SMILES string of the molecule is O=C1NC(=S)N/C1=C\c1ccc(-c2cc(C(=O)O)ccc2Cl)o1. The van der Waals surface area contributed by atoms with Crippen LogP contribution in [0.3, 0.4) is 0 Å². The summed E-state index contributed by atoms with van der Waals surface area (Å²) in [6.07, 6.45) is 1.49. The number of hydrogen-bond acceptors (Lipinski definition) is 4. The smallest absolute Gasteiger partial charge is 0.335 e. The minimum absolute atomic E-state index is 0.0999. The quantitative estimate of drug-likeness (QED) is 0.583. The molecule has 0 atom stereocenters. The average molecular weight is 349 g/mol. The summed E-state index contributed by atoms with van der Waals surface area (Å²) in [7, 11) is 0. The Balaban J connectivity index is 1.95. The Kier molecular flexibility index (Phi) is 3.89. The van der Waals surface area contributed by atoms with E-state index in [0.717, 1.165) is 0 Å². The van der Waals surface area contributed by atoms with Crippen LogP contribution in [0.4, 0.5) is 0 Å². The van der Waals surface area contributed by atoms with Crippen molar-refractivity contribution >= 4 is 46.9 Å². The average Bonchev–Trinajstić information content (AvgIpc) is 3.06. The minimum atomic E-state index is -1.06. The van der Waals surface area contributed by atoms with Crippen molar-refractivity contribution in [2.45, 2.75) is 0 Å². The number of hydrogen-bond donors (Lipinski definition) is 3. The molecule has 2 aromatic rings. The molecule has 1 aliphatic rings. The van der Waals surface area contributed by atoms with Crippen molar-refractivity contribution in [2.24, 2.45) is 0 Å². The molecule has 1 aliphatic heterocycles. The van der Waals surface area contributed by atoms with E-state index in [0.29, 0.717) is 22.1 Å². The second-order valence-corrected chi connectivity index (χ2v) is 5.48. The highest BCUT2D eigenvalue weighted by Gasteiger charge is 2.20. The van der Waals surface area contributed by atoms with Gasteiger partial charge in [-0.15, -0.1) is 0 Å². The highest BCUT2D eigenvalue weighted by molar-refractivity contribution is 7.80. The van der Waals surface area contributed by atoms with Gasteiger partial charge in [0.2, 0.25) is 0 Å². The van der Waals surface area contributed by atoms with Gasteiger partial charge in [-0.3, -0.25) is 10.1 Å². The summed E-state index contributed by atoms with van der Waals surface area (Å²) in [5, 5.41) is 14.8. The number of halogens is 1. The molecular formula is C15H9ClN2O4S. The molecule has 23 heavy (non-hydrogen) atoms. The second-order valence-electron chi connectivity index (χ2n) is 4.67. The summed E-state index contributed by atoms with van der Waals surface area (Å²) in [6, 6.07) is 7.61. The first-order valence-corrected chi connectivity index (χ1v) is 7.20. The number of furan rings is 1. The number of amides is 1. The van der Waals surface area contributed by atoms with E-state index in [1.807, 2.05) is 0 Å². The van der Waals surface area contributed by atoms with E-state index in [9.17, 15) is 9.59 Å². The lowest BCUT2D eigenvalue weighted by Gasteiger charge is -2.02. The van der Waals surface area contributed by atoms with Gasteiger partial charge in [0.05, 0.1) is 10.6 Å². The van der Waals surface area contributed by atoms with Crippen LogP contribution in [0.5, 0.6) is 0 Å². The van der Waals surface area contributed by atoms with Gasteiger partial charge < -0.3 is 14.8 Å². The Bertz CT molecular complexity index is 872. The number of carbonyl (C=O) groups excluding carboxylic acids is 1. The van der Waals surface area contributed by atoms with Crippen molar-refractivity contribution < 1.29 is 19.1 Å². The number of carbonyl (C=O) groups is 2. The Morgan fingerprint density at radius 3 is 2.70 bits per heavy atom. The van der Waals surface area contributed by atoms with Gasteiger partial charge in [0.15, 0.2) is 5.11 Å². The number of rotatable bonds is 3. The third-order valence-electron chi connectivity index (χ3n) is 3.11. The third-order valence-corrected chi connectivity index (χ3v) is 3.65. The molecule has 3 N–H and O–H groups in total. The molecule has 6 nitrogen and oxygen atoms in total. The standard InChI is InChI=1S/C15H9ClN2O4S/c16-10-3-1-7(14(20)21)5-9(10)12-4-2-8(22-12)6-11-13(19)18-15(23)17-11/h1-6H,(H,20,21)(H2,17,18,19,23)/b11-6-. The van der Waals surface area contributed by atoms with Gasteiger partial charge in [-0.25, -0.2) is 4.79 Å². The van der Waals surface area contributed by atoms with E-state index in [2.05, 4.69) is 10.6 Å². The Labute approximate surface area is 140 Å². The fourth-order valence-electron chi connectivity index (χ4n) is 2.05. The molecule has 0 radical (unpaired) electrons. The summed E-state index contributed by atoms with van der Waals surface area (Å²) in [6.45, 7) is 0. The Hall–Kier alpha value is -2.64.